The van der Waals surface area contributed by atoms with Crippen LogP contribution in [0.5, 0.6) is 0 Å². The average Bonchev–Trinajstić information content (AvgIpc) is 2.71. The molecule has 1 aromatic heterocycles. The maximum atomic E-state index is 11.0. The highest BCUT2D eigenvalue weighted by atomic mass is 32.1. The second kappa shape index (κ2) is 4.82. The molecule has 6 nitrogen and oxygen atoms in total. The number of nitrogens with zero attached hydrogens (tertiary/aromatic N) is 3. The van der Waals surface area contributed by atoms with Gasteiger partial charge in [0.1, 0.15) is 0 Å². The van der Waals surface area contributed by atoms with Crippen LogP contribution in [0.25, 0.3) is 11.4 Å². The van der Waals surface area contributed by atoms with E-state index < -0.39 is 0 Å². The predicted molar refractivity (Wildman–Crippen MR) is 79.2 cm³/mol. The smallest absolute Gasteiger partial charge is 0.273 e. The fraction of sp³-hybridized carbons (Fsp3) is 0.385. The van der Waals surface area contributed by atoms with Crippen LogP contribution in [-0.4, -0.2) is 19.7 Å². The van der Waals surface area contributed by atoms with Crippen LogP contribution in [0.2, 0.25) is 0 Å². The van der Waals surface area contributed by atoms with E-state index in [0.29, 0.717) is 21.7 Å². The number of benzene rings is 1. The minimum Gasteiger partial charge on any atom is -0.295 e. The zero-order valence-electron chi connectivity index (χ0n) is 11.8. The van der Waals surface area contributed by atoms with Crippen molar-refractivity contribution in [3.8, 4) is 11.4 Å². The lowest BCUT2D eigenvalue weighted by Crippen LogP contribution is -2.23. The fourth-order valence-electron chi connectivity index (χ4n) is 2.06. The van der Waals surface area contributed by atoms with E-state index in [1.54, 1.807) is 13.0 Å². The van der Waals surface area contributed by atoms with E-state index in [1.807, 2.05) is 31.4 Å². The lowest BCUT2D eigenvalue weighted by molar-refractivity contribution is -0.385. The number of aromatic amines is 1. The topological polar surface area (TPSA) is 76.8 Å². The normalized spacial score (nSPS) is 11.6. The van der Waals surface area contributed by atoms with Gasteiger partial charge in [0.05, 0.1) is 4.92 Å². The Morgan fingerprint density at radius 1 is 1.40 bits per heavy atom. The summed E-state index contributed by atoms with van der Waals surface area (Å²) >= 11 is 5.24. The largest absolute Gasteiger partial charge is 0.295 e. The Bertz CT molecular complexity index is 725. The highest BCUT2D eigenvalue weighted by molar-refractivity contribution is 7.71. The summed E-state index contributed by atoms with van der Waals surface area (Å²) in [5.41, 5.74) is 1.11. The van der Waals surface area contributed by atoms with Crippen LogP contribution in [0.15, 0.2) is 18.2 Å². The highest BCUT2D eigenvalue weighted by Gasteiger charge is 2.22. The molecule has 1 N–H and O–H groups in total. The van der Waals surface area contributed by atoms with Gasteiger partial charge in [0.25, 0.3) is 5.69 Å². The molecule has 106 valence electrons. The Morgan fingerprint density at radius 3 is 2.60 bits per heavy atom. The van der Waals surface area contributed by atoms with E-state index in [0.717, 1.165) is 0 Å². The fourth-order valence-corrected chi connectivity index (χ4v) is 2.46. The molecule has 0 bridgehead atoms. The van der Waals surface area contributed by atoms with E-state index in [2.05, 4.69) is 10.2 Å². The number of nitro groups is 1. The second-order valence-corrected chi connectivity index (χ2v) is 6.00. The van der Waals surface area contributed by atoms with Crippen LogP contribution in [0.4, 0.5) is 5.69 Å². The second-order valence-electron chi connectivity index (χ2n) is 5.62. The summed E-state index contributed by atoms with van der Waals surface area (Å²) in [5.74, 6) is 0.602. The Balaban J connectivity index is 2.68. The lowest BCUT2D eigenvalue weighted by Gasteiger charge is -2.22. The summed E-state index contributed by atoms with van der Waals surface area (Å²) in [6.07, 6.45) is 0. The molecule has 0 radical (unpaired) electrons. The number of rotatable bonds is 2. The third-order valence-electron chi connectivity index (χ3n) is 3.01. The average molecular weight is 292 g/mol. The van der Waals surface area contributed by atoms with Crippen LogP contribution in [0.1, 0.15) is 26.3 Å². The van der Waals surface area contributed by atoms with E-state index >= 15 is 0 Å². The Hall–Kier alpha value is -2.02. The first-order chi connectivity index (χ1) is 9.21. The Labute approximate surface area is 121 Å². The van der Waals surface area contributed by atoms with Gasteiger partial charge in [0, 0.05) is 22.7 Å². The van der Waals surface area contributed by atoms with Crippen molar-refractivity contribution in [2.75, 3.05) is 0 Å². The van der Waals surface area contributed by atoms with Crippen molar-refractivity contribution >= 4 is 17.9 Å². The minimum atomic E-state index is -0.387. The van der Waals surface area contributed by atoms with Crippen LogP contribution in [0, 0.1) is 21.8 Å². The summed E-state index contributed by atoms with van der Waals surface area (Å²) in [6, 6.07) is 5.07. The molecule has 0 unspecified atom stereocenters. The summed E-state index contributed by atoms with van der Waals surface area (Å²) in [7, 11) is 0. The minimum absolute atomic E-state index is 0.0804. The van der Waals surface area contributed by atoms with Crippen LogP contribution in [-0.2, 0) is 5.54 Å². The molecule has 20 heavy (non-hydrogen) atoms. The lowest BCUT2D eigenvalue weighted by atomic mass is 10.1. The van der Waals surface area contributed by atoms with Crippen molar-refractivity contribution in [2.45, 2.75) is 33.2 Å². The molecule has 0 amide bonds. The van der Waals surface area contributed by atoms with E-state index in [1.165, 1.54) is 6.07 Å². The van der Waals surface area contributed by atoms with Gasteiger partial charge in [-0.1, -0.05) is 12.1 Å². The molecular weight excluding hydrogens is 276 g/mol. The molecule has 2 aromatic rings. The molecule has 1 aromatic carbocycles. The van der Waals surface area contributed by atoms with Gasteiger partial charge in [-0.2, -0.15) is 5.10 Å². The number of hydrogen-bond donors (Lipinski definition) is 1. The number of nitro benzene ring substituents is 1. The molecule has 0 spiro atoms. The number of H-pyrrole nitrogens is 1. The number of nitrogens with one attached hydrogen (secondary N) is 1. The summed E-state index contributed by atoms with van der Waals surface area (Å²) in [6.45, 7) is 7.72. The first kappa shape index (κ1) is 14.4. The first-order valence-electron chi connectivity index (χ1n) is 6.15. The van der Waals surface area contributed by atoms with Gasteiger partial charge in [-0.05, 0) is 39.9 Å². The molecule has 2 rings (SSSR count). The van der Waals surface area contributed by atoms with Crippen LogP contribution < -0.4 is 0 Å². The van der Waals surface area contributed by atoms with Gasteiger partial charge < -0.3 is 0 Å². The first-order valence-corrected chi connectivity index (χ1v) is 6.56. The van der Waals surface area contributed by atoms with Gasteiger partial charge in [-0.15, -0.1) is 0 Å². The zero-order valence-corrected chi connectivity index (χ0v) is 12.6. The molecule has 0 aliphatic carbocycles. The molecule has 1 heterocycles. The van der Waals surface area contributed by atoms with Crippen molar-refractivity contribution < 1.29 is 4.92 Å². The van der Waals surface area contributed by atoms with Crippen molar-refractivity contribution in [3.63, 3.8) is 0 Å². The van der Waals surface area contributed by atoms with Gasteiger partial charge in [0.2, 0.25) is 0 Å². The maximum absolute atomic E-state index is 11.0. The van der Waals surface area contributed by atoms with E-state index in [-0.39, 0.29) is 16.1 Å². The third-order valence-corrected chi connectivity index (χ3v) is 3.28. The third kappa shape index (κ3) is 2.49. The monoisotopic (exact) mass is 292 g/mol. The van der Waals surface area contributed by atoms with Crippen molar-refractivity contribution in [1.29, 1.82) is 0 Å². The summed E-state index contributed by atoms with van der Waals surface area (Å²) < 4.78 is 2.35. The molecule has 0 saturated carbocycles. The van der Waals surface area contributed by atoms with Crippen LogP contribution >= 0.6 is 12.2 Å². The number of aryl methyl sites for hydroxylation is 1. The van der Waals surface area contributed by atoms with Crippen LogP contribution in [0.3, 0.4) is 0 Å². The molecule has 0 atom stereocenters. The zero-order chi connectivity index (χ0) is 15.1. The molecule has 7 heteroatoms. The molecule has 0 saturated heterocycles. The van der Waals surface area contributed by atoms with Gasteiger partial charge in [0.15, 0.2) is 10.6 Å². The number of hydrogen-bond acceptors (Lipinski definition) is 4. The van der Waals surface area contributed by atoms with Crippen molar-refractivity contribution in [2.24, 2.45) is 0 Å². The maximum Gasteiger partial charge on any atom is 0.273 e. The predicted octanol–water partition coefficient (Wildman–Crippen LogP) is 3.58. The quantitative estimate of drug-likeness (QED) is 0.521. The van der Waals surface area contributed by atoms with Crippen molar-refractivity contribution in [1.82, 2.24) is 14.8 Å². The van der Waals surface area contributed by atoms with Crippen molar-refractivity contribution in [3.05, 3.63) is 38.6 Å². The van der Waals surface area contributed by atoms with Gasteiger partial charge >= 0.3 is 0 Å². The Morgan fingerprint density at radius 2 is 2.05 bits per heavy atom. The van der Waals surface area contributed by atoms with E-state index in [9.17, 15) is 10.1 Å². The molecule has 0 aliphatic rings. The van der Waals surface area contributed by atoms with Gasteiger partial charge in [-0.3, -0.25) is 19.8 Å². The summed E-state index contributed by atoms with van der Waals surface area (Å²) in [5, 5.41) is 18.0. The standard InChI is InChI=1S/C13H16N4O2S/c1-8-5-6-9(7-10(8)17(18)19)11-14-15-12(20)16(11)13(2,3)4/h5-7H,1-4H3,(H,15,20). The molecule has 0 aliphatic heterocycles. The Kier molecular flexibility index (Phi) is 3.47. The number of aromatic nitrogens is 3. The SMILES string of the molecule is Cc1ccc(-c2n[nH]c(=S)n2C(C)(C)C)cc1[N+](=O)[O-]. The highest BCUT2D eigenvalue weighted by Crippen LogP contribution is 2.28. The molecule has 0 fully saturated rings. The van der Waals surface area contributed by atoms with E-state index in [4.69, 9.17) is 12.2 Å². The summed E-state index contributed by atoms with van der Waals surface area (Å²) in [4.78, 5) is 10.7. The molecular formula is C13H16N4O2S. The van der Waals surface area contributed by atoms with Gasteiger partial charge in [-0.25, -0.2) is 0 Å².